The lowest BCUT2D eigenvalue weighted by atomic mass is 10.1. The Hall–Kier alpha value is -3.46. The van der Waals surface area contributed by atoms with E-state index in [0.29, 0.717) is 41.4 Å². The van der Waals surface area contributed by atoms with Gasteiger partial charge in [0.15, 0.2) is 5.69 Å². The molecule has 1 amide bonds. The van der Waals surface area contributed by atoms with Gasteiger partial charge in [0.05, 0.1) is 24.7 Å². The van der Waals surface area contributed by atoms with Gasteiger partial charge in [-0.05, 0) is 36.1 Å². The second-order valence-corrected chi connectivity index (χ2v) is 8.11. The van der Waals surface area contributed by atoms with Crippen molar-refractivity contribution >= 4 is 34.3 Å². The van der Waals surface area contributed by atoms with Gasteiger partial charge in [-0.25, -0.2) is 14.2 Å². The Labute approximate surface area is 192 Å². The average molecular weight is 457 g/mol. The molecule has 2 N–H and O–H groups in total. The Kier molecular flexibility index (Phi) is 8.00. The van der Waals surface area contributed by atoms with E-state index in [-0.39, 0.29) is 18.1 Å². The highest BCUT2D eigenvalue weighted by atomic mass is 19.1. The van der Waals surface area contributed by atoms with E-state index in [1.165, 1.54) is 26.4 Å². The van der Waals surface area contributed by atoms with Crippen LogP contribution in [0.4, 0.5) is 15.8 Å². The molecule has 0 saturated heterocycles. The van der Waals surface area contributed by atoms with Crippen molar-refractivity contribution in [2.75, 3.05) is 31.5 Å². The maximum Gasteiger partial charge on any atom is 0.356 e. The summed E-state index contributed by atoms with van der Waals surface area (Å²) in [6.45, 7) is 5.02. The Bertz CT molecular complexity index is 1130. The van der Waals surface area contributed by atoms with Crippen molar-refractivity contribution in [2.24, 2.45) is 5.92 Å². The molecule has 0 unspecified atom stereocenters. The van der Waals surface area contributed by atoms with Gasteiger partial charge in [-0.15, -0.1) is 0 Å². The summed E-state index contributed by atoms with van der Waals surface area (Å²) in [5, 5.41) is 6.65. The van der Waals surface area contributed by atoms with Crippen LogP contribution in [0.3, 0.4) is 0 Å². The Morgan fingerprint density at radius 3 is 2.55 bits per heavy atom. The van der Waals surface area contributed by atoms with E-state index in [0.717, 1.165) is 12.0 Å². The van der Waals surface area contributed by atoms with Gasteiger partial charge >= 0.3 is 5.97 Å². The zero-order valence-corrected chi connectivity index (χ0v) is 19.3. The topological polar surface area (TPSA) is 94.5 Å². The van der Waals surface area contributed by atoms with Crippen molar-refractivity contribution in [2.45, 2.75) is 33.4 Å². The van der Waals surface area contributed by atoms with Gasteiger partial charge in [0.2, 0.25) is 5.91 Å². The number of hydrogen-bond donors (Lipinski definition) is 2. The summed E-state index contributed by atoms with van der Waals surface area (Å²) < 4.78 is 24.9. The molecule has 3 rings (SSSR count). The normalized spacial score (nSPS) is 11.1. The van der Waals surface area contributed by atoms with Gasteiger partial charge in [0.25, 0.3) is 0 Å². The number of hydrogen-bond acceptors (Lipinski definition) is 6. The van der Waals surface area contributed by atoms with Crippen molar-refractivity contribution in [3.8, 4) is 0 Å². The fourth-order valence-corrected chi connectivity index (χ4v) is 3.48. The first kappa shape index (κ1) is 24.2. The van der Waals surface area contributed by atoms with E-state index < -0.39 is 11.9 Å². The van der Waals surface area contributed by atoms with Crippen LogP contribution in [0.1, 0.15) is 36.3 Å². The van der Waals surface area contributed by atoms with Gasteiger partial charge in [-0.1, -0.05) is 26.0 Å². The third kappa shape index (κ3) is 5.87. The summed E-state index contributed by atoms with van der Waals surface area (Å²) in [4.78, 5) is 29.7. The molecule has 33 heavy (non-hydrogen) atoms. The maximum absolute atomic E-state index is 13.2. The van der Waals surface area contributed by atoms with E-state index in [1.54, 1.807) is 22.9 Å². The first-order valence-corrected chi connectivity index (χ1v) is 10.7. The quantitative estimate of drug-likeness (QED) is 0.444. The number of aryl methyl sites for hydroxylation is 1. The molecule has 0 bridgehead atoms. The number of nitrogens with one attached hydrogen (secondary N) is 2. The van der Waals surface area contributed by atoms with E-state index in [9.17, 15) is 14.0 Å². The van der Waals surface area contributed by atoms with Gasteiger partial charge in [-0.3, -0.25) is 4.79 Å². The minimum absolute atomic E-state index is 0.158. The van der Waals surface area contributed by atoms with Crippen molar-refractivity contribution < 1.29 is 23.5 Å². The van der Waals surface area contributed by atoms with Gasteiger partial charge in [0, 0.05) is 25.6 Å². The van der Waals surface area contributed by atoms with E-state index in [1.807, 2.05) is 6.07 Å². The van der Waals surface area contributed by atoms with Crippen LogP contribution < -0.4 is 10.6 Å². The number of anilines is 2. The summed E-state index contributed by atoms with van der Waals surface area (Å²) >= 11 is 0. The predicted octanol–water partition coefficient (Wildman–Crippen LogP) is 4.21. The number of carbonyl (C=O) groups excluding carboxylic acids is 2. The molecule has 0 atom stereocenters. The van der Waals surface area contributed by atoms with Gasteiger partial charge in [0.1, 0.15) is 18.1 Å². The number of aromatic nitrogens is 2. The third-order valence-electron chi connectivity index (χ3n) is 5.16. The molecule has 0 aliphatic carbocycles. The van der Waals surface area contributed by atoms with Crippen molar-refractivity contribution in [3.05, 3.63) is 53.6 Å². The monoisotopic (exact) mass is 456 g/mol. The second-order valence-electron chi connectivity index (χ2n) is 8.11. The van der Waals surface area contributed by atoms with Crippen LogP contribution in [0.2, 0.25) is 0 Å². The first-order chi connectivity index (χ1) is 15.8. The zero-order chi connectivity index (χ0) is 24.0. The molecule has 0 spiro atoms. The number of ether oxygens (including phenoxy) is 2. The highest BCUT2D eigenvalue weighted by Crippen LogP contribution is 2.33. The molecular weight excluding hydrogens is 427 g/mol. The molecule has 8 nitrogen and oxygen atoms in total. The zero-order valence-electron chi connectivity index (χ0n) is 19.3. The number of esters is 1. The number of methoxy groups -OCH3 is 2. The Balaban J connectivity index is 2.04. The van der Waals surface area contributed by atoms with Crippen LogP contribution in [0, 0.1) is 11.7 Å². The summed E-state index contributed by atoms with van der Waals surface area (Å²) in [5.74, 6) is -0.854. The number of fused-ring (bicyclic) bond motifs is 1. The molecule has 3 aromatic rings. The molecule has 2 aromatic heterocycles. The highest BCUT2D eigenvalue weighted by molar-refractivity contribution is 6.11. The van der Waals surface area contributed by atoms with Crippen LogP contribution in [0.5, 0.6) is 0 Å². The highest BCUT2D eigenvalue weighted by Gasteiger charge is 2.26. The molecule has 0 fully saturated rings. The molecule has 0 aliphatic rings. The van der Waals surface area contributed by atoms with E-state index in [4.69, 9.17) is 9.47 Å². The van der Waals surface area contributed by atoms with Crippen LogP contribution >= 0.6 is 0 Å². The molecule has 2 heterocycles. The Morgan fingerprint density at radius 1 is 1.18 bits per heavy atom. The standard InChI is InChI=1S/C24H29FN4O4/c1-15(2)9-10-29-22(24(31)33-4)21(28-20(30)14-32-3)19-11-18(13-27-23(19)29)26-12-16-5-7-17(25)8-6-16/h5-8,11,13,15,26H,9-10,12,14H2,1-4H3,(H,28,30). The molecule has 176 valence electrons. The number of rotatable bonds is 10. The first-order valence-electron chi connectivity index (χ1n) is 10.7. The number of benzene rings is 1. The van der Waals surface area contributed by atoms with Crippen molar-refractivity contribution in [3.63, 3.8) is 0 Å². The SMILES string of the molecule is COCC(=O)Nc1c(C(=O)OC)n(CCC(C)C)c2ncc(NCc3ccc(F)cc3)cc12. The summed E-state index contributed by atoms with van der Waals surface area (Å²) in [6, 6.07) is 8.02. The summed E-state index contributed by atoms with van der Waals surface area (Å²) in [7, 11) is 2.72. The van der Waals surface area contributed by atoms with Gasteiger partial charge in [-0.2, -0.15) is 0 Å². The number of pyridine rings is 1. The van der Waals surface area contributed by atoms with E-state index >= 15 is 0 Å². The minimum Gasteiger partial charge on any atom is -0.464 e. The molecule has 0 radical (unpaired) electrons. The molecule has 0 aliphatic heterocycles. The fraction of sp³-hybridized carbons (Fsp3) is 0.375. The fourth-order valence-electron chi connectivity index (χ4n) is 3.48. The van der Waals surface area contributed by atoms with Crippen molar-refractivity contribution in [1.82, 2.24) is 9.55 Å². The number of amides is 1. The lowest BCUT2D eigenvalue weighted by Gasteiger charge is -2.12. The van der Waals surface area contributed by atoms with E-state index in [2.05, 4.69) is 29.5 Å². The van der Waals surface area contributed by atoms with Gasteiger partial charge < -0.3 is 24.7 Å². The molecule has 1 aromatic carbocycles. The molecule has 0 saturated carbocycles. The van der Waals surface area contributed by atoms with Crippen LogP contribution in [0.25, 0.3) is 11.0 Å². The van der Waals surface area contributed by atoms with Crippen LogP contribution in [0.15, 0.2) is 36.5 Å². The smallest absolute Gasteiger partial charge is 0.356 e. The number of carbonyl (C=O) groups is 2. The Morgan fingerprint density at radius 2 is 1.91 bits per heavy atom. The third-order valence-corrected chi connectivity index (χ3v) is 5.16. The average Bonchev–Trinajstić information content (AvgIpc) is 3.09. The summed E-state index contributed by atoms with van der Waals surface area (Å²) in [6.07, 6.45) is 2.48. The summed E-state index contributed by atoms with van der Waals surface area (Å²) in [5.41, 5.74) is 2.72. The minimum atomic E-state index is -0.565. The number of nitrogens with zero attached hydrogens (tertiary/aromatic N) is 2. The number of halogens is 1. The second kappa shape index (κ2) is 10.9. The van der Waals surface area contributed by atoms with Crippen LogP contribution in [-0.2, 0) is 27.4 Å². The maximum atomic E-state index is 13.2. The van der Waals surface area contributed by atoms with Crippen LogP contribution in [-0.4, -0.2) is 42.3 Å². The molecule has 9 heteroatoms. The molecular formula is C24H29FN4O4. The van der Waals surface area contributed by atoms with Crippen molar-refractivity contribution in [1.29, 1.82) is 0 Å². The largest absolute Gasteiger partial charge is 0.464 e. The lowest BCUT2D eigenvalue weighted by Crippen LogP contribution is -2.20. The predicted molar refractivity (Wildman–Crippen MR) is 125 cm³/mol. The lowest BCUT2D eigenvalue weighted by molar-refractivity contribution is -0.119.